The summed E-state index contributed by atoms with van der Waals surface area (Å²) in [5.41, 5.74) is -0.280. The first-order valence-corrected chi connectivity index (χ1v) is 6.93. The Morgan fingerprint density at radius 2 is 2.14 bits per heavy atom. The molecule has 3 nitrogen and oxygen atoms in total. The Bertz CT molecular complexity index is 190. The van der Waals surface area contributed by atoms with Gasteiger partial charge in [0.1, 0.15) is 71.5 Å². The maximum Gasteiger partial charge on any atom is 0.141 e. The molecule has 0 aromatic rings. The second-order valence-electron chi connectivity index (χ2n) is 3.30. The number of hydrogen-bond donors (Lipinski definition) is 2. The zero-order valence-electron chi connectivity index (χ0n) is 7.47. The average Bonchev–Trinajstić information content (AvgIpc) is 2.20. The van der Waals surface area contributed by atoms with Crippen molar-refractivity contribution in [1.29, 1.82) is 0 Å². The number of rotatable bonds is 3. The molecule has 14 heavy (non-hydrogen) atoms. The molecule has 1 fully saturated rings. The molecule has 5 atom stereocenters. The lowest BCUT2D eigenvalue weighted by molar-refractivity contribution is -0.0657. The standard InChI is InChI=1S/C6H11BI2O3S2/c7-2-1-10-4(6(14)12-9)3(11-8)5(2)13/h2-6,13-14H,1,7H2. The topological polar surface area (TPSA) is 27.7 Å². The van der Waals surface area contributed by atoms with Crippen molar-refractivity contribution in [1.82, 2.24) is 0 Å². The SMILES string of the molecule is BC1COC(C(S)OI)C(OI)C1S. The molecule has 8 heteroatoms. The van der Waals surface area contributed by atoms with Gasteiger partial charge in [0, 0.05) is 11.9 Å². The summed E-state index contributed by atoms with van der Waals surface area (Å²) in [5, 5.41) is 0.159. The van der Waals surface area contributed by atoms with Crippen LogP contribution in [0.3, 0.4) is 0 Å². The van der Waals surface area contributed by atoms with Crippen molar-refractivity contribution in [3.05, 3.63) is 0 Å². The normalized spacial score (nSPS) is 40.9. The van der Waals surface area contributed by atoms with E-state index >= 15 is 0 Å². The molecule has 0 amide bonds. The quantitative estimate of drug-likeness (QED) is 0.290. The Hall–Kier alpha value is 2.10. The van der Waals surface area contributed by atoms with E-state index in [1.54, 1.807) is 0 Å². The van der Waals surface area contributed by atoms with Crippen molar-refractivity contribution in [3.63, 3.8) is 0 Å². The molecule has 1 saturated heterocycles. The van der Waals surface area contributed by atoms with E-state index in [4.69, 9.17) is 10.9 Å². The fourth-order valence-electron chi connectivity index (χ4n) is 1.37. The molecule has 0 N–H and O–H groups in total. The number of thiol groups is 2. The van der Waals surface area contributed by atoms with Gasteiger partial charge in [-0.3, -0.25) is 3.07 Å². The van der Waals surface area contributed by atoms with Crippen molar-refractivity contribution in [2.75, 3.05) is 6.61 Å². The average molecular weight is 460 g/mol. The van der Waals surface area contributed by atoms with Crippen LogP contribution in [0.1, 0.15) is 0 Å². The smallest absolute Gasteiger partial charge is 0.141 e. The lowest BCUT2D eigenvalue weighted by Crippen LogP contribution is -2.49. The molecule has 1 aliphatic heterocycles. The van der Waals surface area contributed by atoms with Crippen molar-refractivity contribution < 1.29 is 10.9 Å². The second kappa shape index (κ2) is 6.75. The van der Waals surface area contributed by atoms with Crippen LogP contribution in [0.4, 0.5) is 0 Å². The van der Waals surface area contributed by atoms with Crippen molar-refractivity contribution in [3.8, 4) is 0 Å². The lowest BCUT2D eigenvalue weighted by atomic mass is 9.80. The molecule has 1 rings (SSSR count). The zero-order valence-corrected chi connectivity index (χ0v) is 13.6. The second-order valence-corrected chi connectivity index (χ2v) is 5.42. The molecule has 0 aromatic heterocycles. The summed E-state index contributed by atoms with van der Waals surface area (Å²) in [5.74, 6) is 0.379. The summed E-state index contributed by atoms with van der Waals surface area (Å²) < 4.78 is 16.1. The molecule has 0 bridgehead atoms. The highest BCUT2D eigenvalue weighted by Crippen LogP contribution is 2.33. The van der Waals surface area contributed by atoms with Crippen LogP contribution in [0.5, 0.6) is 0 Å². The minimum Gasteiger partial charge on any atom is -0.372 e. The lowest BCUT2D eigenvalue weighted by Gasteiger charge is -2.39. The minimum atomic E-state index is -0.280. The molecule has 82 valence electrons. The van der Waals surface area contributed by atoms with Crippen LogP contribution in [-0.4, -0.2) is 37.3 Å². The molecule has 0 radical (unpaired) electrons. The Balaban J connectivity index is 2.66. The summed E-state index contributed by atoms with van der Waals surface area (Å²) in [7, 11) is 2.09. The van der Waals surface area contributed by atoms with E-state index in [2.05, 4.69) is 33.1 Å². The van der Waals surface area contributed by atoms with E-state index in [0.29, 0.717) is 12.4 Å². The minimum absolute atomic E-state index is 0.0834. The number of halogens is 2. The van der Waals surface area contributed by atoms with E-state index in [1.165, 1.54) is 0 Å². The van der Waals surface area contributed by atoms with Crippen LogP contribution in [0.15, 0.2) is 0 Å². The van der Waals surface area contributed by atoms with E-state index < -0.39 is 0 Å². The molecular weight excluding hydrogens is 449 g/mol. The van der Waals surface area contributed by atoms with Crippen LogP contribution in [0, 0.1) is 0 Å². The maximum atomic E-state index is 5.63. The van der Waals surface area contributed by atoms with Gasteiger partial charge in [-0.05, 0) is 5.82 Å². The van der Waals surface area contributed by atoms with E-state index in [9.17, 15) is 0 Å². The third kappa shape index (κ3) is 3.30. The van der Waals surface area contributed by atoms with E-state index in [0.717, 1.165) is 0 Å². The largest absolute Gasteiger partial charge is 0.372 e. The van der Waals surface area contributed by atoms with Gasteiger partial charge >= 0.3 is 0 Å². The Kier molecular flexibility index (Phi) is 6.83. The summed E-state index contributed by atoms with van der Waals surface area (Å²) in [6.07, 6.45) is -0.245. The molecular formula is C6H11BI2O3S2. The van der Waals surface area contributed by atoms with Crippen LogP contribution in [0.2, 0.25) is 5.82 Å². The van der Waals surface area contributed by atoms with E-state index in [-0.39, 0.29) is 22.9 Å². The third-order valence-corrected chi connectivity index (χ3v) is 5.01. The van der Waals surface area contributed by atoms with Gasteiger partial charge in [-0.25, -0.2) is 0 Å². The molecule has 0 aliphatic carbocycles. The Morgan fingerprint density at radius 1 is 1.50 bits per heavy atom. The Labute approximate surface area is 124 Å². The molecule has 0 aromatic carbocycles. The highest BCUT2D eigenvalue weighted by molar-refractivity contribution is 14.1. The molecule has 1 heterocycles. The van der Waals surface area contributed by atoms with Crippen LogP contribution in [0.25, 0.3) is 0 Å². The van der Waals surface area contributed by atoms with Crippen LogP contribution < -0.4 is 0 Å². The van der Waals surface area contributed by atoms with Gasteiger partial charge in [-0.15, -0.1) is 12.6 Å². The van der Waals surface area contributed by atoms with Gasteiger partial charge in [-0.1, -0.05) is 0 Å². The first-order valence-electron chi connectivity index (χ1n) is 4.14. The van der Waals surface area contributed by atoms with Gasteiger partial charge < -0.3 is 7.80 Å². The summed E-state index contributed by atoms with van der Waals surface area (Å²) in [6.45, 7) is 0.673. The van der Waals surface area contributed by atoms with Gasteiger partial charge in [0.15, 0.2) is 0 Å². The fourth-order valence-corrected chi connectivity index (χ4v) is 3.07. The van der Waals surface area contributed by atoms with Gasteiger partial charge in [0.25, 0.3) is 0 Å². The van der Waals surface area contributed by atoms with Gasteiger partial charge in [-0.2, -0.15) is 12.6 Å². The Morgan fingerprint density at radius 3 is 2.64 bits per heavy atom. The molecule has 0 spiro atoms. The highest BCUT2D eigenvalue weighted by atomic mass is 127. The van der Waals surface area contributed by atoms with Crippen LogP contribution >= 0.6 is 71.3 Å². The fraction of sp³-hybridized carbons (Fsp3) is 1.00. The van der Waals surface area contributed by atoms with E-state index in [1.807, 2.05) is 46.0 Å². The number of hydrogen-bond acceptors (Lipinski definition) is 5. The summed E-state index contributed by atoms with van der Waals surface area (Å²) in [6, 6.07) is 0. The summed E-state index contributed by atoms with van der Waals surface area (Å²) in [4.78, 5) is 0. The van der Waals surface area contributed by atoms with Gasteiger partial charge in [0.05, 0.1) is 0 Å². The van der Waals surface area contributed by atoms with Gasteiger partial charge in [0.2, 0.25) is 0 Å². The first-order chi connectivity index (χ1) is 6.61. The molecule has 5 unspecified atom stereocenters. The molecule has 0 saturated carbocycles. The van der Waals surface area contributed by atoms with Crippen molar-refractivity contribution >= 4 is 79.1 Å². The van der Waals surface area contributed by atoms with Crippen molar-refractivity contribution in [2.24, 2.45) is 0 Å². The maximum absolute atomic E-state index is 5.63. The first kappa shape index (κ1) is 14.2. The monoisotopic (exact) mass is 460 g/mol. The third-order valence-electron chi connectivity index (χ3n) is 2.27. The molecule has 1 aliphatic rings. The summed E-state index contributed by atoms with van der Waals surface area (Å²) >= 11 is 12.5. The number of ether oxygens (including phenoxy) is 1. The van der Waals surface area contributed by atoms with Crippen molar-refractivity contribution in [2.45, 2.75) is 28.7 Å². The zero-order chi connectivity index (χ0) is 10.7. The predicted molar refractivity (Wildman–Crippen MR) is 81.6 cm³/mol. The van der Waals surface area contributed by atoms with Crippen LogP contribution in [-0.2, 0) is 10.9 Å². The highest BCUT2D eigenvalue weighted by Gasteiger charge is 2.40. The predicted octanol–water partition coefficient (Wildman–Crippen LogP) is 1.46.